The maximum atomic E-state index is 13.0. The van der Waals surface area contributed by atoms with Crippen molar-refractivity contribution in [2.45, 2.75) is 50.5 Å². The van der Waals surface area contributed by atoms with Gasteiger partial charge in [-0.1, -0.05) is 30.4 Å². The van der Waals surface area contributed by atoms with Crippen LogP contribution in [-0.4, -0.2) is 46.3 Å². The third-order valence-electron chi connectivity index (χ3n) is 6.06. The highest BCUT2D eigenvalue weighted by molar-refractivity contribution is 7.89. The number of aromatic nitrogens is 3. The van der Waals surface area contributed by atoms with Gasteiger partial charge in [0.05, 0.1) is 26.1 Å². The molecule has 0 atom stereocenters. The van der Waals surface area contributed by atoms with E-state index in [2.05, 4.69) is 21.8 Å². The highest BCUT2D eigenvalue weighted by atomic mass is 32.2. The van der Waals surface area contributed by atoms with E-state index < -0.39 is 10.0 Å². The summed E-state index contributed by atoms with van der Waals surface area (Å²) in [5, 5.41) is 3.48. The van der Waals surface area contributed by atoms with Crippen LogP contribution in [0.1, 0.15) is 38.4 Å². The maximum Gasteiger partial charge on any atom is 0.243 e. The largest absolute Gasteiger partial charge is 0.328 e. The summed E-state index contributed by atoms with van der Waals surface area (Å²) in [5.74, 6) is 0.665. The average Bonchev–Trinajstić information content (AvgIpc) is 3.56. The number of fused-ring (bicyclic) bond motifs is 2. The summed E-state index contributed by atoms with van der Waals surface area (Å²) < 4.78 is 30.6. The minimum atomic E-state index is -3.50. The Labute approximate surface area is 202 Å². The van der Waals surface area contributed by atoms with E-state index >= 15 is 0 Å². The Morgan fingerprint density at radius 3 is 2.65 bits per heavy atom. The van der Waals surface area contributed by atoms with Gasteiger partial charge in [-0.25, -0.2) is 18.4 Å². The summed E-state index contributed by atoms with van der Waals surface area (Å²) >= 11 is 1.45. The van der Waals surface area contributed by atoms with E-state index in [1.807, 2.05) is 30.3 Å². The second kappa shape index (κ2) is 9.44. The molecule has 10 heteroatoms. The first-order valence-electron chi connectivity index (χ1n) is 11.6. The lowest BCUT2D eigenvalue weighted by Crippen LogP contribution is -2.27. The number of rotatable bonds is 8. The molecule has 34 heavy (non-hydrogen) atoms. The molecule has 2 aromatic carbocycles. The van der Waals surface area contributed by atoms with Gasteiger partial charge in [-0.2, -0.15) is 4.31 Å². The van der Waals surface area contributed by atoms with E-state index in [1.54, 1.807) is 16.4 Å². The highest BCUT2D eigenvalue weighted by Crippen LogP contribution is 2.27. The molecule has 1 N–H and O–H groups in total. The summed E-state index contributed by atoms with van der Waals surface area (Å²) in [6.07, 6.45) is 3.43. The summed E-state index contributed by atoms with van der Waals surface area (Å²) in [6, 6.07) is 13.0. The summed E-state index contributed by atoms with van der Waals surface area (Å²) in [5.41, 5.74) is 2.41. The van der Waals surface area contributed by atoms with Gasteiger partial charge in [0.2, 0.25) is 15.9 Å². The van der Waals surface area contributed by atoms with Crippen molar-refractivity contribution >= 4 is 53.6 Å². The first kappa shape index (κ1) is 22.9. The second-order valence-electron chi connectivity index (χ2n) is 8.48. The lowest BCUT2D eigenvalue weighted by Gasteiger charge is -2.15. The van der Waals surface area contributed by atoms with Crippen LogP contribution in [0.25, 0.3) is 21.3 Å². The van der Waals surface area contributed by atoms with Crippen LogP contribution in [0.2, 0.25) is 0 Å². The first-order valence-corrected chi connectivity index (χ1v) is 13.9. The number of hydrogen-bond donors (Lipinski definition) is 1. The van der Waals surface area contributed by atoms with E-state index in [0.29, 0.717) is 30.2 Å². The Balaban J connectivity index is 1.35. The van der Waals surface area contributed by atoms with Crippen LogP contribution in [0.5, 0.6) is 0 Å². The quantitative estimate of drug-likeness (QED) is 0.389. The number of nitrogens with zero attached hydrogens (tertiary/aromatic N) is 4. The van der Waals surface area contributed by atoms with Gasteiger partial charge in [0.25, 0.3) is 0 Å². The summed E-state index contributed by atoms with van der Waals surface area (Å²) in [7, 11) is -3.50. The first-order chi connectivity index (χ1) is 16.5. The SMILES string of the molecule is CCCn1c(CCC(=O)Nc2nc3ccccc3s2)nc2cc(S(=O)(=O)N3CCCC3)ccc21. The maximum absolute atomic E-state index is 13.0. The molecule has 8 nitrogen and oxygen atoms in total. The van der Waals surface area contributed by atoms with Crippen molar-refractivity contribution in [1.82, 2.24) is 18.8 Å². The predicted octanol–water partition coefficient (Wildman–Crippen LogP) is 4.41. The summed E-state index contributed by atoms with van der Waals surface area (Å²) in [6.45, 7) is 3.98. The molecule has 0 aliphatic carbocycles. The number of sulfonamides is 1. The van der Waals surface area contributed by atoms with Gasteiger partial charge in [0, 0.05) is 32.5 Å². The number of carbonyl (C=O) groups excluding carboxylic acids is 1. The lowest BCUT2D eigenvalue weighted by molar-refractivity contribution is -0.116. The molecule has 3 heterocycles. The van der Waals surface area contributed by atoms with Crippen molar-refractivity contribution in [2.75, 3.05) is 18.4 Å². The molecule has 1 aliphatic heterocycles. The highest BCUT2D eigenvalue weighted by Gasteiger charge is 2.28. The number of carbonyl (C=O) groups is 1. The summed E-state index contributed by atoms with van der Waals surface area (Å²) in [4.78, 5) is 22.1. The van der Waals surface area contributed by atoms with Gasteiger partial charge >= 0.3 is 0 Å². The van der Waals surface area contributed by atoms with E-state index in [4.69, 9.17) is 4.98 Å². The third-order valence-corrected chi connectivity index (χ3v) is 8.91. The number of imidazole rings is 1. The molecule has 0 spiro atoms. The number of para-hydroxylation sites is 1. The fraction of sp³-hybridized carbons (Fsp3) is 0.375. The van der Waals surface area contributed by atoms with Crippen molar-refractivity contribution in [1.29, 1.82) is 0 Å². The van der Waals surface area contributed by atoms with E-state index in [0.717, 1.165) is 47.4 Å². The minimum Gasteiger partial charge on any atom is -0.328 e. The van der Waals surface area contributed by atoms with Crippen LogP contribution in [0.15, 0.2) is 47.4 Å². The monoisotopic (exact) mass is 497 g/mol. The van der Waals surface area contributed by atoms with Crippen LogP contribution in [0.3, 0.4) is 0 Å². The van der Waals surface area contributed by atoms with Crippen molar-refractivity contribution < 1.29 is 13.2 Å². The zero-order valence-corrected chi connectivity index (χ0v) is 20.7. The zero-order chi connectivity index (χ0) is 23.7. The standard InChI is InChI=1S/C24H27N5O3S2/c1-2-13-29-20-10-9-17(34(31,32)28-14-5-6-15-28)16-19(20)25-22(29)11-12-23(30)27-24-26-18-7-3-4-8-21(18)33-24/h3-4,7-10,16H,2,5-6,11-15H2,1H3,(H,26,27,30). The lowest BCUT2D eigenvalue weighted by atomic mass is 10.2. The Hall–Kier alpha value is -2.82. The van der Waals surface area contributed by atoms with Crippen LogP contribution in [-0.2, 0) is 27.8 Å². The van der Waals surface area contributed by atoms with Crippen molar-refractivity contribution in [3.8, 4) is 0 Å². The second-order valence-corrected chi connectivity index (χ2v) is 11.4. The zero-order valence-electron chi connectivity index (χ0n) is 19.0. The van der Waals surface area contributed by atoms with Crippen molar-refractivity contribution in [2.24, 2.45) is 0 Å². The molecule has 2 aromatic heterocycles. The molecule has 5 rings (SSSR count). The molecule has 4 aromatic rings. The Morgan fingerprint density at radius 1 is 1.09 bits per heavy atom. The van der Waals surface area contributed by atoms with Crippen LogP contribution in [0, 0.1) is 0 Å². The number of hydrogen-bond acceptors (Lipinski definition) is 6. The fourth-order valence-electron chi connectivity index (χ4n) is 4.39. The van der Waals surface area contributed by atoms with Crippen molar-refractivity contribution in [3.63, 3.8) is 0 Å². The normalized spacial score (nSPS) is 14.9. The molecule has 1 amide bonds. The molecule has 0 saturated carbocycles. The van der Waals surface area contributed by atoms with Gasteiger partial charge in [0.15, 0.2) is 5.13 Å². The molecule has 178 valence electrons. The van der Waals surface area contributed by atoms with E-state index in [-0.39, 0.29) is 17.2 Å². The van der Waals surface area contributed by atoms with E-state index in [9.17, 15) is 13.2 Å². The molecule has 1 saturated heterocycles. The molecule has 1 aliphatic rings. The number of anilines is 1. The van der Waals surface area contributed by atoms with Gasteiger partial charge in [-0.3, -0.25) is 4.79 Å². The topological polar surface area (TPSA) is 97.2 Å². The number of thiazole rings is 1. The van der Waals surface area contributed by atoms with Crippen LogP contribution in [0.4, 0.5) is 5.13 Å². The molecule has 0 radical (unpaired) electrons. The third kappa shape index (κ3) is 4.45. The number of nitrogens with one attached hydrogen (secondary N) is 1. The minimum absolute atomic E-state index is 0.119. The van der Waals surface area contributed by atoms with Crippen LogP contribution >= 0.6 is 11.3 Å². The average molecular weight is 498 g/mol. The number of amides is 1. The van der Waals surface area contributed by atoms with Gasteiger partial charge in [0.1, 0.15) is 5.82 Å². The Morgan fingerprint density at radius 2 is 1.88 bits per heavy atom. The van der Waals surface area contributed by atoms with Gasteiger partial charge in [-0.15, -0.1) is 0 Å². The van der Waals surface area contributed by atoms with Gasteiger partial charge in [-0.05, 0) is 49.6 Å². The van der Waals surface area contributed by atoms with E-state index in [1.165, 1.54) is 11.3 Å². The predicted molar refractivity (Wildman–Crippen MR) is 135 cm³/mol. The number of benzene rings is 2. The molecule has 0 unspecified atom stereocenters. The number of aryl methyl sites for hydroxylation is 2. The van der Waals surface area contributed by atoms with Crippen LogP contribution < -0.4 is 5.32 Å². The molecular weight excluding hydrogens is 470 g/mol. The molecule has 0 bridgehead atoms. The molecular formula is C24H27N5O3S2. The Kier molecular flexibility index (Phi) is 6.37. The van der Waals surface area contributed by atoms with Gasteiger partial charge < -0.3 is 9.88 Å². The smallest absolute Gasteiger partial charge is 0.243 e. The van der Waals surface area contributed by atoms with Crippen molar-refractivity contribution in [3.05, 3.63) is 48.3 Å². The molecule has 1 fully saturated rings. The fourth-order valence-corrected chi connectivity index (χ4v) is 6.81. The Bertz CT molecular complexity index is 1420.